The highest BCUT2D eigenvalue weighted by Crippen LogP contribution is 2.11. The standard InChI is InChI=1S/C13H16O2/c1-3-4-5-6-13(14)15-12-9-7-11(2)8-10-12/h5-10H,3-4H2,1-2H3. The number of ether oxygens (including phenoxy) is 1. The number of allylic oxidation sites excluding steroid dienone is 1. The molecule has 15 heavy (non-hydrogen) atoms. The van der Waals surface area contributed by atoms with Gasteiger partial charge in [-0.1, -0.05) is 37.1 Å². The second-order valence-corrected chi connectivity index (χ2v) is 3.43. The van der Waals surface area contributed by atoms with Crippen LogP contribution in [0.5, 0.6) is 5.75 Å². The Morgan fingerprint density at radius 1 is 1.33 bits per heavy atom. The van der Waals surface area contributed by atoms with Gasteiger partial charge in [-0.2, -0.15) is 0 Å². The van der Waals surface area contributed by atoms with Gasteiger partial charge in [-0.05, 0) is 25.5 Å². The van der Waals surface area contributed by atoms with Crippen molar-refractivity contribution >= 4 is 5.97 Å². The Hall–Kier alpha value is -1.57. The molecule has 2 heteroatoms. The van der Waals surface area contributed by atoms with Crippen LogP contribution in [-0.4, -0.2) is 5.97 Å². The summed E-state index contributed by atoms with van der Waals surface area (Å²) in [6.07, 6.45) is 5.25. The van der Waals surface area contributed by atoms with Crippen molar-refractivity contribution in [1.82, 2.24) is 0 Å². The number of hydrogen-bond donors (Lipinski definition) is 0. The van der Waals surface area contributed by atoms with Gasteiger partial charge in [0.05, 0.1) is 0 Å². The average Bonchev–Trinajstić information content (AvgIpc) is 2.22. The maximum absolute atomic E-state index is 11.3. The molecule has 0 N–H and O–H groups in total. The number of esters is 1. The summed E-state index contributed by atoms with van der Waals surface area (Å²) in [4.78, 5) is 11.3. The van der Waals surface area contributed by atoms with Crippen LogP contribution in [-0.2, 0) is 4.79 Å². The van der Waals surface area contributed by atoms with Crippen molar-refractivity contribution in [2.75, 3.05) is 0 Å². The van der Waals surface area contributed by atoms with Gasteiger partial charge in [0.2, 0.25) is 0 Å². The van der Waals surface area contributed by atoms with E-state index in [0.717, 1.165) is 18.4 Å². The lowest BCUT2D eigenvalue weighted by Gasteiger charge is -2.00. The van der Waals surface area contributed by atoms with E-state index in [0.29, 0.717) is 5.75 Å². The summed E-state index contributed by atoms with van der Waals surface area (Å²) in [5.74, 6) is 0.277. The Balaban J connectivity index is 2.48. The first kappa shape index (κ1) is 11.5. The Morgan fingerprint density at radius 3 is 2.60 bits per heavy atom. The number of rotatable bonds is 4. The van der Waals surface area contributed by atoms with Gasteiger partial charge in [0.25, 0.3) is 0 Å². The number of aryl methyl sites for hydroxylation is 1. The predicted molar refractivity (Wildman–Crippen MR) is 60.9 cm³/mol. The summed E-state index contributed by atoms with van der Waals surface area (Å²) >= 11 is 0. The highest BCUT2D eigenvalue weighted by molar-refractivity contribution is 5.83. The molecule has 0 aliphatic carbocycles. The van der Waals surface area contributed by atoms with E-state index >= 15 is 0 Å². The van der Waals surface area contributed by atoms with Crippen LogP contribution in [0.2, 0.25) is 0 Å². The maximum Gasteiger partial charge on any atom is 0.335 e. The normalized spacial score (nSPS) is 10.5. The first-order valence-electron chi connectivity index (χ1n) is 5.17. The molecule has 1 aromatic carbocycles. The molecule has 2 nitrogen and oxygen atoms in total. The lowest BCUT2D eigenvalue weighted by Crippen LogP contribution is -2.03. The molecule has 0 heterocycles. The van der Waals surface area contributed by atoms with Crippen LogP contribution in [0, 0.1) is 6.92 Å². The molecule has 0 spiro atoms. The van der Waals surface area contributed by atoms with E-state index in [-0.39, 0.29) is 5.97 Å². The van der Waals surface area contributed by atoms with E-state index in [9.17, 15) is 4.79 Å². The minimum absolute atomic E-state index is 0.313. The Labute approximate surface area is 90.6 Å². The fourth-order valence-electron chi connectivity index (χ4n) is 1.10. The van der Waals surface area contributed by atoms with Crippen LogP contribution in [0.3, 0.4) is 0 Å². The molecular weight excluding hydrogens is 188 g/mol. The summed E-state index contributed by atoms with van der Waals surface area (Å²) < 4.78 is 5.09. The molecule has 1 aromatic rings. The molecule has 0 unspecified atom stereocenters. The van der Waals surface area contributed by atoms with Crippen LogP contribution in [0.15, 0.2) is 36.4 Å². The van der Waals surface area contributed by atoms with Crippen molar-refractivity contribution in [1.29, 1.82) is 0 Å². The molecule has 0 radical (unpaired) electrons. The highest BCUT2D eigenvalue weighted by atomic mass is 16.5. The van der Waals surface area contributed by atoms with Crippen molar-refractivity contribution in [3.05, 3.63) is 42.0 Å². The molecule has 0 bridgehead atoms. The first-order chi connectivity index (χ1) is 7.22. The van der Waals surface area contributed by atoms with Crippen LogP contribution in [0.25, 0.3) is 0 Å². The minimum atomic E-state index is -0.313. The first-order valence-corrected chi connectivity index (χ1v) is 5.17. The van der Waals surface area contributed by atoms with E-state index in [2.05, 4.69) is 6.92 Å². The molecule has 0 atom stereocenters. The summed E-state index contributed by atoms with van der Waals surface area (Å²) in [5, 5.41) is 0. The lowest BCUT2D eigenvalue weighted by atomic mass is 10.2. The van der Waals surface area contributed by atoms with Crippen molar-refractivity contribution in [2.24, 2.45) is 0 Å². The Kier molecular flexibility index (Phi) is 4.61. The quantitative estimate of drug-likeness (QED) is 0.427. The zero-order valence-corrected chi connectivity index (χ0v) is 9.19. The summed E-state index contributed by atoms with van der Waals surface area (Å²) in [6.45, 7) is 4.06. The third-order valence-corrected chi connectivity index (χ3v) is 1.95. The van der Waals surface area contributed by atoms with Gasteiger partial charge in [-0.25, -0.2) is 4.79 Å². The van der Waals surface area contributed by atoms with Crippen LogP contribution in [0.4, 0.5) is 0 Å². The Bertz CT molecular complexity index is 336. The molecular formula is C13H16O2. The number of carbonyl (C=O) groups is 1. The zero-order valence-electron chi connectivity index (χ0n) is 9.19. The van der Waals surface area contributed by atoms with Crippen LogP contribution < -0.4 is 4.74 Å². The van der Waals surface area contributed by atoms with Gasteiger partial charge in [0.1, 0.15) is 5.75 Å². The second kappa shape index (κ2) is 6.02. The van der Waals surface area contributed by atoms with E-state index < -0.39 is 0 Å². The molecule has 0 saturated heterocycles. The summed E-state index contributed by atoms with van der Waals surface area (Å²) in [6, 6.07) is 7.42. The number of carbonyl (C=O) groups excluding carboxylic acids is 1. The minimum Gasteiger partial charge on any atom is -0.423 e. The largest absolute Gasteiger partial charge is 0.423 e. The van der Waals surface area contributed by atoms with Crippen molar-refractivity contribution in [3.63, 3.8) is 0 Å². The van der Waals surface area contributed by atoms with Gasteiger partial charge in [0, 0.05) is 6.08 Å². The van der Waals surface area contributed by atoms with E-state index in [4.69, 9.17) is 4.74 Å². The number of hydrogen-bond acceptors (Lipinski definition) is 2. The van der Waals surface area contributed by atoms with Crippen molar-refractivity contribution in [2.45, 2.75) is 26.7 Å². The summed E-state index contributed by atoms with van der Waals surface area (Å²) in [5.41, 5.74) is 1.15. The van der Waals surface area contributed by atoms with Gasteiger partial charge in [-0.3, -0.25) is 0 Å². The molecule has 0 aromatic heterocycles. The van der Waals surface area contributed by atoms with Gasteiger partial charge < -0.3 is 4.74 Å². The molecule has 0 saturated carbocycles. The summed E-state index contributed by atoms with van der Waals surface area (Å²) in [7, 11) is 0. The van der Waals surface area contributed by atoms with Crippen molar-refractivity contribution in [3.8, 4) is 5.75 Å². The molecule has 0 aliphatic heterocycles. The lowest BCUT2D eigenvalue weighted by molar-refractivity contribution is -0.129. The Morgan fingerprint density at radius 2 is 2.00 bits per heavy atom. The molecule has 0 aliphatic rings. The fraction of sp³-hybridized carbons (Fsp3) is 0.308. The SMILES string of the molecule is CCCC=CC(=O)Oc1ccc(C)cc1. The second-order valence-electron chi connectivity index (χ2n) is 3.43. The van der Waals surface area contributed by atoms with Gasteiger partial charge >= 0.3 is 5.97 Å². The smallest absolute Gasteiger partial charge is 0.335 e. The fourth-order valence-corrected chi connectivity index (χ4v) is 1.10. The van der Waals surface area contributed by atoms with Gasteiger partial charge in [-0.15, -0.1) is 0 Å². The van der Waals surface area contributed by atoms with Crippen LogP contribution >= 0.6 is 0 Å². The topological polar surface area (TPSA) is 26.3 Å². The molecule has 0 fully saturated rings. The maximum atomic E-state index is 11.3. The van der Waals surface area contributed by atoms with E-state index in [1.54, 1.807) is 12.1 Å². The van der Waals surface area contributed by atoms with Gasteiger partial charge in [0.15, 0.2) is 0 Å². The highest BCUT2D eigenvalue weighted by Gasteiger charge is 1.98. The zero-order chi connectivity index (χ0) is 11.1. The number of unbranched alkanes of at least 4 members (excludes halogenated alkanes) is 1. The number of benzene rings is 1. The third kappa shape index (κ3) is 4.45. The van der Waals surface area contributed by atoms with E-state index in [1.807, 2.05) is 25.1 Å². The van der Waals surface area contributed by atoms with E-state index in [1.165, 1.54) is 6.08 Å². The van der Waals surface area contributed by atoms with Crippen LogP contribution in [0.1, 0.15) is 25.3 Å². The monoisotopic (exact) mass is 204 g/mol. The average molecular weight is 204 g/mol. The predicted octanol–water partition coefficient (Wildman–Crippen LogP) is 3.26. The van der Waals surface area contributed by atoms with Crippen molar-refractivity contribution < 1.29 is 9.53 Å². The third-order valence-electron chi connectivity index (χ3n) is 1.95. The molecule has 80 valence electrons. The molecule has 0 amide bonds. The molecule has 1 rings (SSSR count).